The van der Waals surface area contributed by atoms with Crippen molar-refractivity contribution in [2.45, 2.75) is 39.3 Å². The molecule has 3 rings (SSSR count). The molecule has 0 radical (unpaired) electrons. The first kappa shape index (κ1) is 23.3. The lowest BCUT2D eigenvalue weighted by molar-refractivity contribution is 0.0794. The Labute approximate surface area is 189 Å². The topological polar surface area (TPSA) is 113 Å². The van der Waals surface area contributed by atoms with Crippen LogP contribution in [0.15, 0.2) is 28.0 Å². The molecule has 0 aliphatic rings. The minimum Gasteiger partial charge on any atom is -0.427 e. The van der Waals surface area contributed by atoms with Crippen LogP contribution in [0.25, 0.3) is 11.0 Å². The second-order valence-electron chi connectivity index (χ2n) is 6.81. The Bertz CT molecular complexity index is 1270. The van der Waals surface area contributed by atoms with E-state index in [2.05, 4.69) is 9.98 Å². The highest BCUT2D eigenvalue weighted by Gasteiger charge is 2.22. The third-order valence-electron chi connectivity index (χ3n) is 4.78. The van der Waals surface area contributed by atoms with Crippen LogP contribution in [0.2, 0.25) is 0 Å². The molecular formula is C20H21F2IN4O4. The first-order valence-corrected chi connectivity index (χ1v) is 10.7. The Morgan fingerprint density at radius 2 is 1.97 bits per heavy atom. The second kappa shape index (κ2) is 9.40. The predicted molar refractivity (Wildman–Crippen MR) is 117 cm³/mol. The van der Waals surface area contributed by atoms with E-state index in [9.17, 15) is 24.6 Å². The Kier molecular flexibility index (Phi) is 7.06. The monoisotopic (exact) mass is 546 g/mol. The van der Waals surface area contributed by atoms with Crippen molar-refractivity contribution in [2.24, 2.45) is 4.99 Å². The zero-order chi connectivity index (χ0) is 22.9. The number of aliphatic hydroxyl groups is 2. The molecule has 166 valence electrons. The van der Waals surface area contributed by atoms with Gasteiger partial charge in [-0.05, 0) is 47.2 Å². The van der Waals surface area contributed by atoms with Gasteiger partial charge in [0, 0.05) is 9.99 Å². The van der Waals surface area contributed by atoms with Crippen LogP contribution in [-0.2, 0) is 19.4 Å². The maximum Gasteiger partial charge on any atom is 0.265 e. The maximum absolute atomic E-state index is 15.3. The van der Waals surface area contributed by atoms with Crippen LogP contribution in [0, 0.1) is 15.2 Å². The molecule has 11 heteroatoms. The van der Waals surface area contributed by atoms with Crippen molar-refractivity contribution in [3.05, 3.63) is 60.6 Å². The van der Waals surface area contributed by atoms with Gasteiger partial charge < -0.3 is 15.4 Å². The zero-order valence-electron chi connectivity index (χ0n) is 16.8. The van der Waals surface area contributed by atoms with Gasteiger partial charge in [-0.3, -0.25) is 9.36 Å². The molecule has 1 atom stereocenters. The van der Waals surface area contributed by atoms with Crippen LogP contribution < -0.4 is 10.9 Å². The van der Waals surface area contributed by atoms with E-state index in [1.165, 1.54) is 12.1 Å². The van der Waals surface area contributed by atoms with Crippen LogP contribution in [0.4, 0.5) is 14.5 Å². The number of hydrogen-bond acceptors (Lipinski definition) is 6. The van der Waals surface area contributed by atoms with Crippen molar-refractivity contribution >= 4 is 39.3 Å². The van der Waals surface area contributed by atoms with Gasteiger partial charge in [0.15, 0.2) is 11.5 Å². The molecule has 3 aromatic rings. The minimum absolute atomic E-state index is 0.0609. The van der Waals surface area contributed by atoms with Gasteiger partial charge in [-0.15, -0.1) is 0 Å². The van der Waals surface area contributed by atoms with Crippen molar-refractivity contribution in [1.82, 2.24) is 14.3 Å². The smallest absolute Gasteiger partial charge is 0.265 e. The number of halogens is 3. The summed E-state index contributed by atoms with van der Waals surface area (Å²) in [6.45, 7) is 2.43. The highest BCUT2D eigenvalue weighted by atomic mass is 127. The number of aliphatic hydroxyl groups excluding tert-OH is 2. The maximum atomic E-state index is 15.3. The molecule has 0 aliphatic heterocycles. The van der Waals surface area contributed by atoms with Gasteiger partial charge in [-0.1, -0.05) is 13.8 Å². The van der Waals surface area contributed by atoms with E-state index in [0.29, 0.717) is 8.30 Å². The summed E-state index contributed by atoms with van der Waals surface area (Å²) < 4.78 is 31.9. The van der Waals surface area contributed by atoms with E-state index < -0.39 is 35.3 Å². The van der Waals surface area contributed by atoms with E-state index in [-0.39, 0.29) is 47.6 Å². The Morgan fingerprint density at radius 1 is 1.26 bits per heavy atom. The summed E-state index contributed by atoms with van der Waals surface area (Å²) >= 11 is 1.92. The van der Waals surface area contributed by atoms with Gasteiger partial charge in [0.25, 0.3) is 5.56 Å². The normalized spacial score (nSPS) is 13.2. The summed E-state index contributed by atoms with van der Waals surface area (Å²) in [5.41, 5.74) is -1.35. The Balaban J connectivity index is 2.52. The number of aryl methyl sites for hydroxylation is 1. The fourth-order valence-electron chi connectivity index (χ4n) is 3.24. The van der Waals surface area contributed by atoms with Crippen LogP contribution in [0.5, 0.6) is 0 Å². The molecule has 0 fully saturated rings. The van der Waals surface area contributed by atoms with Crippen molar-refractivity contribution in [3.63, 3.8) is 0 Å². The Morgan fingerprint density at radius 3 is 2.55 bits per heavy atom. The fraction of sp³-hybridized carbons (Fsp3) is 0.350. The van der Waals surface area contributed by atoms with Crippen LogP contribution in [0.3, 0.4) is 0 Å². The van der Waals surface area contributed by atoms with E-state index in [1.807, 2.05) is 22.6 Å². The Hall–Kier alpha value is -2.38. The molecule has 0 saturated carbocycles. The molecule has 2 heterocycles. The van der Waals surface area contributed by atoms with E-state index in [1.54, 1.807) is 19.9 Å². The van der Waals surface area contributed by atoms with Gasteiger partial charge in [-0.2, -0.15) is 4.73 Å². The fourth-order valence-corrected chi connectivity index (χ4v) is 3.70. The number of aromatic nitrogens is 3. The first-order chi connectivity index (χ1) is 14.7. The first-order valence-electron chi connectivity index (χ1n) is 9.58. The molecular weight excluding hydrogens is 525 g/mol. The highest BCUT2D eigenvalue weighted by molar-refractivity contribution is 14.1. The molecule has 0 saturated heterocycles. The number of hydrogen-bond donors (Lipinski definition) is 3. The van der Waals surface area contributed by atoms with Crippen LogP contribution in [0.1, 0.15) is 25.4 Å². The summed E-state index contributed by atoms with van der Waals surface area (Å²) in [6.07, 6.45) is -0.927. The third kappa shape index (κ3) is 4.34. The zero-order valence-corrected chi connectivity index (χ0v) is 19.0. The third-order valence-corrected chi connectivity index (χ3v) is 5.45. The number of pyridine rings is 1. The van der Waals surface area contributed by atoms with Crippen molar-refractivity contribution in [1.29, 1.82) is 0 Å². The lowest BCUT2D eigenvalue weighted by Gasteiger charge is -2.17. The van der Waals surface area contributed by atoms with Gasteiger partial charge >= 0.3 is 0 Å². The molecule has 0 aliphatic carbocycles. The van der Waals surface area contributed by atoms with Crippen molar-refractivity contribution < 1.29 is 24.2 Å². The second-order valence-corrected chi connectivity index (χ2v) is 8.06. The van der Waals surface area contributed by atoms with E-state index in [4.69, 9.17) is 0 Å². The molecule has 1 aromatic carbocycles. The molecule has 3 N–H and O–H groups in total. The van der Waals surface area contributed by atoms with Gasteiger partial charge in [-0.25, -0.2) is 18.8 Å². The summed E-state index contributed by atoms with van der Waals surface area (Å²) in [5, 5.41) is 28.7. The lowest BCUT2D eigenvalue weighted by Crippen LogP contribution is -2.36. The average Bonchev–Trinajstić information content (AvgIpc) is 2.74. The van der Waals surface area contributed by atoms with Gasteiger partial charge in [0.05, 0.1) is 30.6 Å². The molecule has 0 bridgehead atoms. The number of fused-ring (bicyclic) bond motifs is 1. The number of nitrogens with zero attached hydrogens (tertiary/aromatic N) is 4. The van der Waals surface area contributed by atoms with E-state index in [0.717, 1.165) is 4.57 Å². The average molecular weight is 546 g/mol. The number of benzene rings is 1. The lowest BCUT2D eigenvalue weighted by atomic mass is 10.2. The molecule has 8 nitrogen and oxygen atoms in total. The quantitative estimate of drug-likeness (QED) is 0.324. The van der Waals surface area contributed by atoms with E-state index >= 15 is 4.39 Å². The predicted octanol–water partition coefficient (Wildman–Crippen LogP) is 2.03. The molecule has 0 spiro atoms. The summed E-state index contributed by atoms with van der Waals surface area (Å²) in [5.74, 6) is -1.46. The van der Waals surface area contributed by atoms with Gasteiger partial charge in [0.2, 0.25) is 0 Å². The molecule has 31 heavy (non-hydrogen) atoms. The summed E-state index contributed by atoms with van der Waals surface area (Å²) in [6, 6.07) is 4.16. The largest absolute Gasteiger partial charge is 0.427 e. The SMILES string of the molecule is CCc1nc2c(c(=Nc3ccc(I)cc3F)c(F)c(CC)n2O)c(=O)n1CC(O)CO. The molecule has 2 aromatic heterocycles. The minimum atomic E-state index is -1.25. The van der Waals surface area contributed by atoms with Gasteiger partial charge in [0.1, 0.15) is 22.4 Å². The van der Waals surface area contributed by atoms with Crippen molar-refractivity contribution in [3.8, 4) is 0 Å². The number of rotatable bonds is 6. The van der Waals surface area contributed by atoms with Crippen LogP contribution in [-0.4, -0.2) is 42.4 Å². The van der Waals surface area contributed by atoms with Crippen molar-refractivity contribution in [2.75, 3.05) is 6.61 Å². The molecule has 0 amide bonds. The highest BCUT2D eigenvalue weighted by Crippen LogP contribution is 2.21. The summed E-state index contributed by atoms with van der Waals surface area (Å²) in [4.78, 5) is 21.7. The molecule has 1 unspecified atom stereocenters. The summed E-state index contributed by atoms with van der Waals surface area (Å²) in [7, 11) is 0. The standard InChI is InChI=1S/C20H21F2IN4O4/c1-3-14-17(22)18(24-13-6-5-10(23)7-12(13)21)16-19(27(14)31)25-15(4-2)26(20(16)30)8-11(29)9-28/h5-7,11,28-29,31H,3-4,8-9H2,1-2H3. The van der Waals surface area contributed by atoms with Crippen LogP contribution >= 0.6 is 22.6 Å².